The fourth-order valence-electron chi connectivity index (χ4n) is 2.43. The average molecular weight is 301 g/mol. The number of furan rings is 1. The molecule has 6 heteroatoms. The highest BCUT2D eigenvalue weighted by molar-refractivity contribution is 6.08. The van der Waals surface area contributed by atoms with E-state index >= 15 is 0 Å². The van der Waals surface area contributed by atoms with Crippen LogP contribution in [0.15, 0.2) is 41.0 Å². The molecule has 0 saturated heterocycles. The van der Waals surface area contributed by atoms with Gasteiger partial charge in [0.05, 0.1) is 31.2 Å². The molecule has 0 saturated carbocycles. The third-order valence-electron chi connectivity index (χ3n) is 3.57. The highest BCUT2D eigenvalue weighted by atomic mass is 16.6. The monoisotopic (exact) mass is 301 g/mol. The number of benzene rings is 1. The second kappa shape index (κ2) is 5.55. The lowest BCUT2D eigenvalue weighted by Crippen LogP contribution is -2.47. The number of carbonyl (C=O) groups excluding carboxylic acids is 2. The van der Waals surface area contributed by atoms with E-state index in [-0.39, 0.29) is 12.5 Å². The number of aryl methyl sites for hydroxylation is 1. The smallest absolute Gasteiger partial charge is 0.348 e. The molecule has 0 spiro atoms. The van der Waals surface area contributed by atoms with Crippen LogP contribution in [0.5, 0.6) is 5.75 Å². The first-order valence-corrected chi connectivity index (χ1v) is 6.81. The number of esters is 1. The Kier molecular flexibility index (Phi) is 3.58. The van der Waals surface area contributed by atoms with Crippen molar-refractivity contribution in [3.8, 4) is 5.75 Å². The van der Waals surface area contributed by atoms with E-state index in [1.54, 1.807) is 31.2 Å². The summed E-state index contributed by atoms with van der Waals surface area (Å²) in [7, 11) is 1.29. The summed E-state index contributed by atoms with van der Waals surface area (Å²) in [6.07, 6.45) is 0.614. The molecule has 0 bridgehead atoms. The van der Waals surface area contributed by atoms with Crippen LogP contribution in [0.3, 0.4) is 0 Å². The minimum atomic E-state index is -0.851. The molecular weight excluding hydrogens is 286 g/mol. The SMILES string of the molecule is COC(=O)[C@@H]1CN(C(=O)c2ccoc2C)c2ccccc2O1. The van der Waals surface area contributed by atoms with Gasteiger partial charge in [0.2, 0.25) is 6.10 Å². The van der Waals surface area contributed by atoms with Gasteiger partial charge in [-0.2, -0.15) is 0 Å². The van der Waals surface area contributed by atoms with Crippen LogP contribution < -0.4 is 9.64 Å². The first-order valence-electron chi connectivity index (χ1n) is 6.81. The number of hydrogen-bond donors (Lipinski definition) is 0. The number of carbonyl (C=O) groups is 2. The minimum absolute atomic E-state index is 0.0904. The van der Waals surface area contributed by atoms with Crippen molar-refractivity contribution in [3.63, 3.8) is 0 Å². The zero-order valence-electron chi connectivity index (χ0n) is 12.2. The van der Waals surface area contributed by atoms with Gasteiger partial charge in [0.15, 0.2) is 0 Å². The molecule has 114 valence electrons. The number of hydrogen-bond acceptors (Lipinski definition) is 5. The van der Waals surface area contributed by atoms with Crippen molar-refractivity contribution < 1.29 is 23.5 Å². The van der Waals surface area contributed by atoms with Crippen LogP contribution in [0.4, 0.5) is 5.69 Å². The Hall–Kier alpha value is -2.76. The van der Waals surface area contributed by atoms with Gasteiger partial charge in [-0.1, -0.05) is 12.1 Å². The lowest BCUT2D eigenvalue weighted by atomic mass is 10.1. The molecule has 2 heterocycles. The second-order valence-electron chi connectivity index (χ2n) is 4.90. The number of fused-ring (bicyclic) bond motifs is 1. The van der Waals surface area contributed by atoms with Gasteiger partial charge in [-0.3, -0.25) is 4.79 Å². The number of methoxy groups -OCH3 is 1. The predicted octanol–water partition coefficient (Wildman–Crippen LogP) is 2.17. The Morgan fingerprint density at radius 3 is 2.73 bits per heavy atom. The largest absolute Gasteiger partial charge is 0.475 e. The van der Waals surface area contributed by atoms with Gasteiger partial charge in [0, 0.05) is 0 Å². The summed E-state index contributed by atoms with van der Waals surface area (Å²) >= 11 is 0. The number of amides is 1. The normalized spacial score (nSPS) is 16.6. The van der Waals surface area contributed by atoms with Gasteiger partial charge < -0.3 is 18.8 Å². The first kappa shape index (κ1) is 14.2. The third kappa shape index (κ3) is 2.32. The standard InChI is InChI=1S/C16H15NO5/c1-10-11(7-8-21-10)15(18)17-9-14(16(19)20-2)22-13-6-4-3-5-12(13)17/h3-8,14H,9H2,1-2H3/t14-/m0/s1. The lowest BCUT2D eigenvalue weighted by molar-refractivity contribution is -0.148. The summed E-state index contributed by atoms with van der Waals surface area (Å²) < 4.78 is 15.5. The van der Waals surface area contributed by atoms with Gasteiger partial charge in [-0.25, -0.2) is 4.79 Å². The van der Waals surface area contributed by atoms with Crippen molar-refractivity contribution >= 4 is 17.6 Å². The van der Waals surface area contributed by atoms with E-state index in [9.17, 15) is 9.59 Å². The van der Waals surface area contributed by atoms with Crippen molar-refractivity contribution in [2.75, 3.05) is 18.6 Å². The molecule has 0 radical (unpaired) electrons. The van der Waals surface area contributed by atoms with Crippen molar-refractivity contribution in [3.05, 3.63) is 47.9 Å². The molecule has 1 amide bonds. The maximum absolute atomic E-state index is 12.8. The van der Waals surface area contributed by atoms with Crippen LogP contribution in [0.25, 0.3) is 0 Å². The Morgan fingerprint density at radius 2 is 2.05 bits per heavy atom. The van der Waals surface area contributed by atoms with Crippen LogP contribution in [0.2, 0.25) is 0 Å². The molecule has 0 unspecified atom stereocenters. The van der Waals surface area contributed by atoms with E-state index in [4.69, 9.17) is 13.9 Å². The Morgan fingerprint density at radius 1 is 1.27 bits per heavy atom. The quantitative estimate of drug-likeness (QED) is 0.795. The lowest BCUT2D eigenvalue weighted by Gasteiger charge is -2.33. The fourth-order valence-corrected chi connectivity index (χ4v) is 2.43. The van der Waals surface area contributed by atoms with E-state index in [1.807, 2.05) is 6.07 Å². The summed E-state index contributed by atoms with van der Waals surface area (Å²) in [5.41, 5.74) is 1.08. The number of nitrogens with zero attached hydrogens (tertiary/aromatic N) is 1. The van der Waals surface area contributed by atoms with Crippen molar-refractivity contribution in [2.24, 2.45) is 0 Å². The molecule has 1 aliphatic heterocycles. The molecule has 3 rings (SSSR count). The zero-order valence-corrected chi connectivity index (χ0v) is 12.2. The van der Waals surface area contributed by atoms with E-state index in [1.165, 1.54) is 18.3 Å². The van der Waals surface area contributed by atoms with Crippen LogP contribution in [0, 0.1) is 6.92 Å². The van der Waals surface area contributed by atoms with Gasteiger partial charge in [0.25, 0.3) is 5.91 Å². The maximum Gasteiger partial charge on any atom is 0.348 e. The van der Waals surface area contributed by atoms with Gasteiger partial charge in [-0.05, 0) is 25.1 Å². The molecule has 0 aliphatic carbocycles. The molecule has 1 aromatic heterocycles. The Balaban J connectivity index is 2.00. The van der Waals surface area contributed by atoms with Gasteiger partial charge in [-0.15, -0.1) is 0 Å². The van der Waals surface area contributed by atoms with Crippen LogP contribution in [-0.2, 0) is 9.53 Å². The highest BCUT2D eigenvalue weighted by Gasteiger charge is 2.35. The topological polar surface area (TPSA) is 69.0 Å². The zero-order chi connectivity index (χ0) is 15.7. The molecule has 0 fully saturated rings. The number of para-hydroxylation sites is 2. The first-order chi connectivity index (χ1) is 10.6. The average Bonchev–Trinajstić information content (AvgIpc) is 2.98. The summed E-state index contributed by atoms with van der Waals surface area (Å²) in [5, 5.41) is 0. The predicted molar refractivity (Wildman–Crippen MR) is 78.0 cm³/mol. The Bertz CT molecular complexity index is 721. The van der Waals surface area contributed by atoms with Gasteiger partial charge in [0.1, 0.15) is 11.5 Å². The summed E-state index contributed by atoms with van der Waals surface area (Å²) in [5.74, 6) is 0.245. The van der Waals surface area contributed by atoms with Crippen LogP contribution >= 0.6 is 0 Å². The summed E-state index contributed by atoms with van der Waals surface area (Å²) in [6, 6.07) is 8.69. The van der Waals surface area contributed by atoms with Crippen molar-refractivity contribution in [1.29, 1.82) is 0 Å². The summed E-state index contributed by atoms with van der Waals surface area (Å²) in [6.45, 7) is 1.81. The molecule has 2 aromatic rings. The van der Waals surface area contributed by atoms with Crippen LogP contribution in [-0.4, -0.2) is 31.6 Å². The van der Waals surface area contributed by atoms with Crippen molar-refractivity contribution in [1.82, 2.24) is 0 Å². The molecule has 22 heavy (non-hydrogen) atoms. The molecular formula is C16H15NO5. The summed E-state index contributed by atoms with van der Waals surface area (Å²) in [4.78, 5) is 26.1. The third-order valence-corrected chi connectivity index (χ3v) is 3.57. The van der Waals surface area contributed by atoms with E-state index < -0.39 is 12.1 Å². The molecule has 0 N–H and O–H groups in total. The van der Waals surface area contributed by atoms with E-state index in [2.05, 4.69) is 0 Å². The van der Waals surface area contributed by atoms with Crippen molar-refractivity contribution in [2.45, 2.75) is 13.0 Å². The molecule has 1 aromatic carbocycles. The highest BCUT2D eigenvalue weighted by Crippen LogP contribution is 2.34. The fraction of sp³-hybridized carbons (Fsp3) is 0.250. The van der Waals surface area contributed by atoms with E-state index in [0.717, 1.165) is 0 Å². The number of rotatable bonds is 2. The van der Waals surface area contributed by atoms with E-state index in [0.29, 0.717) is 22.8 Å². The van der Waals surface area contributed by atoms with Gasteiger partial charge >= 0.3 is 5.97 Å². The molecule has 1 aliphatic rings. The Labute approximate surface area is 127 Å². The van der Waals surface area contributed by atoms with Crippen LogP contribution in [0.1, 0.15) is 16.1 Å². The number of anilines is 1. The second-order valence-corrected chi connectivity index (χ2v) is 4.90. The minimum Gasteiger partial charge on any atom is -0.475 e. The molecule has 1 atom stereocenters. The maximum atomic E-state index is 12.8. The number of ether oxygens (including phenoxy) is 2. The molecule has 6 nitrogen and oxygen atoms in total.